The molecule has 0 rings (SSSR count). The van der Waals surface area contributed by atoms with Gasteiger partial charge < -0.3 is 35.5 Å². The molecule has 2 atom stereocenters. The van der Waals surface area contributed by atoms with Gasteiger partial charge in [0.15, 0.2) is 6.29 Å². The fourth-order valence-electron chi connectivity index (χ4n) is 1.92. The predicted octanol–water partition coefficient (Wildman–Crippen LogP) is 0.833. The molecule has 2 unspecified atom stereocenters. The smallest absolute Gasteiger partial charge is 0.407 e. The van der Waals surface area contributed by atoms with Crippen molar-refractivity contribution in [3.8, 4) is 0 Å². The molecule has 0 aliphatic rings. The zero-order chi connectivity index (χ0) is 19.7. The molecule has 0 saturated carbocycles. The zero-order valence-corrected chi connectivity index (χ0v) is 15.7. The monoisotopic (exact) mass is 364 g/mol. The summed E-state index contributed by atoms with van der Waals surface area (Å²) in [6.45, 7) is 8.56. The number of hydrogen-bond acceptors (Lipinski definition) is 7. The van der Waals surface area contributed by atoms with E-state index in [1.54, 1.807) is 0 Å². The van der Waals surface area contributed by atoms with Crippen LogP contribution in [0, 0.1) is 0 Å². The highest BCUT2D eigenvalue weighted by Crippen LogP contribution is 2.17. The number of hydrogen-bond donors (Lipinski definition) is 4. The number of aliphatic hydroxyl groups excluding tert-OH is 1. The first-order valence-corrected chi connectivity index (χ1v) is 8.18. The third kappa shape index (κ3) is 14.6. The van der Waals surface area contributed by atoms with Crippen LogP contribution in [-0.2, 0) is 19.0 Å². The Hall–Kier alpha value is -1.42. The minimum absolute atomic E-state index is 0.0412. The Morgan fingerprint density at radius 1 is 1.20 bits per heavy atom. The number of carbonyl (C=O) groups excluding carboxylic acids is 1. The molecule has 0 aromatic carbocycles. The van der Waals surface area contributed by atoms with E-state index in [1.807, 2.05) is 34.6 Å². The first kappa shape index (κ1) is 23.6. The molecule has 9 heteroatoms. The van der Waals surface area contributed by atoms with Crippen molar-refractivity contribution in [1.29, 1.82) is 0 Å². The Kier molecular flexibility index (Phi) is 9.95. The first-order chi connectivity index (χ1) is 11.3. The number of aliphatic carboxylic acids is 1. The standard InChI is InChI=1S/C16H32N2O7/c1-15(2,3)25-13(24-11(9-19)8-16(4,5)17)10-23-14(22)18-7-6-12(20)21/h11,13,19H,6-10,17H2,1-5H3,(H,18,22)(H,20,21). The fourth-order valence-corrected chi connectivity index (χ4v) is 1.92. The average molecular weight is 364 g/mol. The van der Waals surface area contributed by atoms with E-state index < -0.39 is 35.6 Å². The van der Waals surface area contributed by atoms with Gasteiger partial charge in [-0.05, 0) is 41.0 Å². The van der Waals surface area contributed by atoms with Crippen molar-refractivity contribution in [2.75, 3.05) is 19.8 Å². The van der Waals surface area contributed by atoms with Crippen molar-refractivity contribution >= 4 is 12.1 Å². The van der Waals surface area contributed by atoms with E-state index in [4.69, 9.17) is 25.1 Å². The van der Waals surface area contributed by atoms with Gasteiger partial charge in [-0.15, -0.1) is 0 Å². The maximum atomic E-state index is 11.6. The average Bonchev–Trinajstić information content (AvgIpc) is 2.40. The number of rotatable bonds is 11. The van der Waals surface area contributed by atoms with Gasteiger partial charge in [0.1, 0.15) is 6.61 Å². The van der Waals surface area contributed by atoms with E-state index in [1.165, 1.54) is 0 Å². The lowest BCUT2D eigenvalue weighted by Crippen LogP contribution is -2.43. The molecule has 0 aromatic rings. The molecule has 25 heavy (non-hydrogen) atoms. The molecule has 0 aliphatic heterocycles. The summed E-state index contributed by atoms with van der Waals surface area (Å²) in [6, 6.07) is 0. The Bertz CT molecular complexity index is 416. The number of nitrogens with one attached hydrogen (secondary N) is 1. The van der Waals surface area contributed by atoms with Crippen LogP contribution in [0.3, 0.4) is 0 Å². The van der Waals surface area contributed by atoms with Crippen molar-refractivity contribution in [2.45, 2.75) is 71.0 Å². The SMILES string of the molecule is CC(C)(N)CC(CO)OC(COC(=O)NCCC(=O)O)OC(C)(C)C. The Morgan fingerprint density at radius 3 is 2.24 bits per heavy atom. The quantitative estimate of drug-likeness (QED) is 0.395. The van der Waals surface area contributed by atoms with Crippen LogP contribution in [0.15, 0.2) is 0 Å². The van der Waals surface area contributed by atoms with E-state index in [9.17, 15) is 14.7 Å². The van der Waals surface area contributed by atoms with Gasteiger partial charge >= 0.3 is 12.1 Å². The molecule has 0 radical (unpaired) electrons. The summed E-state index contributed by atoms with van der Waals surface area (Å²) in [6.07, 6.45) is -2.06. The number of nitrogens with two attached hydrogens (primary N) is 1. The van der Waals surface area contributed by atoms with Gasteiger partial charge in [0.2, 0.25) is 0 Å². The fraction of sp³-hybridized carbons (Fsp3) is 0.875. The molecule has 5 N–H and O–H groups in total. The molecule has 9 nitrogen and oxygen atoms in total. The van der Waals surface area contributed by atoms with Gasteiger partial charge in [0.25, 0.3) is 0 Å². The van der Waals surface area contributed by atoms with Crippen LogP contribution < -0.4 is 11.1 Å². The summed E-state index contributed by atoms with van der Waals surface area (Å²) in [5, 5.41) is 20.3. The minimum atomic E-state index is -1.02. The third-order valence-corrected chi connectivity index (χ3v) is 2.75. The Balaban J connectivity index is 4.61. The largest absolute Gasteiger partial charge is 0.481 e. The molecule has 148 valence electrons. The number of amides is 1. The molecule has 0 fully saturated rings. The summed E-state index contributed by atoms with van der Waals surface area (Å²) in [5.41, 5.74) is 4.83. The third-order valence-electron chi connectivity index (χ3n) is 2.75. The Morgan fingerprint density at radius 2 is 1.80 bits per heavy atom. The van der Waals surface area contributed by atoms with Crippen LogP contribution in [-0.4, -0.2) is 65.6 Å². The van der Waals surface area contributed by atoms with E-state index in [0.717, 1.165) is 0 Å². The van der Waals surface area contributed by atoms with Crippen molar-refractivity contribution < 1.29 is 34.0 Å². The second kappa shape index (κ2) is 10.5. The first-order valence-electron chi connectivity index (χ1n) is 8.18. The van der Waals surface area contributed by atoms with Crippen LogP contribution in [0.2, 0.25) is 0 Å². The summed E-state index contributed by atoms with van der Waals surface area (Å²) in [4.78, 5) is 22.0. The lowest BCUT2D eigenvalue weighted by molar-refractivity contribution is -0.235. The molecule has 0 aromatic heterocycles. The number of carboxylic acid groups (broad SMARTS) is 1. The topological polar surface area (TPSA) is 140 Å². The summed E-state index contributed by atoms with van der Waals surface area (Å²) < 4.78 is 16.4. The molecule has 0 aliphatic carbocycles. The van der Waals surface area contributed by atoms with Crippen molar-refractivity contribution in [3.05, 3.63) is 0 Å². The van der Waals surface area contributed by atoms with Gasteiger partial charge in [-0.3, -0.25) is 4.79 Å². The summed E-state index contributed by atoms with van der Waals surface area (Å²) in [7, 11) is 0. The highest BCUT2D eigenvalue weighted by atomic mass is 16.7. The van der Waals surface area contributed by atoms with Gasteiger partial charge in [-0.25, -0.2) is 4.79 Å². The molecule has 0 heterocycles. The van der Waals surface area contributed by atoms with Gasteiger partial charge in [0.05, 0.1) is 24.7 Å². The number of carbonyl (C=O) groups is 2. The van der Waals surface area contributed by atoms with Crippen molar-refractivity contribution in [2.24, 2.45) is 5.73 Å². The number of ether oxygens (including phenoxy) is 3. The van der Waals surface area contributed by atoms with Crippen LogP contribution >= 0.6 is 0 Å². The van der Waals surface area contributed by atoms with Crippen LogP contribution in [0.5, 0.6) is 0 Å². The number of alkyl carbamates (subject to hydrolysis) is 1. The van der Waals surface area contributed by atoms with E-state index >= 15 is 0 Å². The van der Waals surface area contributed by atoms with Crippen molar-refractivity contribution in [3.63, 3.8) is 0 Å². The van der Waals surface area contributed by atoms with Crippen LogP contribution in [0.1, 0.15) is 47.5 Å². The zero-order valence-electron chi connectivity index (χ0n) is 15.7. The summed E-state index contributed by atoms with van der Waals surface area (Å²) >= 11 is 0. The normalized spacial score (nSPS) is 14.7. The Labute approximate surface area is 148 Å². The molecular formula is C16H32N2O7. The maximum absolute atomic E-state index is 11.6. The highest BCUT2D eigenvalue weighted by molar-refractivity contribution is 5.70. The molecular weight excluding hydrogens is 332 g/mol. The molecule has 0 spiro atoms. The second-order valence-electron chi connectivity index (χ2n) is 7.46. The van der Waals surface area contributed by atoms with E-state index in [0.29, 0.717) is 6.42 Å². The lowest BCUT2D eigenvalue weighted by Gasteiger charge is -2.32. The van der Waals surface area contributed by atoms with Gasteiger partial charge in [0, 0.05) is 12.1 Å². The highest BCUT2D eigenvalue weighted by Gasteiger charge is 2.27. The number of carboxylic acids is 1. The lowest BCUT2D eigenvalue weighted by atomic mass is 9.98. The second-order valence-corrected chi connectivity index (χ2v) is 7.46. The molecule has 0 bridgehead atoms. The minimum Gasteiger partial charge on any atom is -0.481 e. The predicted molar refractivity (Wildman–Crippen MR) is 91.1 cm³/mol. The summed E-state index contributed by atoms with van der Waals surface area (Å²) in [5.74, 6) is -1.02. The molecule has 1 amide bonds. The maximum Gasteiger partial charge on any atom is 0.407 e. The van der Waals surface area contributed by atoms with Crippen molar-refractivity contribution in [1.82, 2.24) is 5.32 Å². The van der Waals surface area contributed by atoms with Gasteiger partial charge in [-0.1, -0.05) is 0 Å². The van der Waals surface area contributed by atoms with Crippen LogP contribution in [0.4, 0.5) is 4.79 Å². The molecule has 0 saturated heterocycles. The van der Waals surface area contributed by atoms with Crippen LogP contribution in [0.25, 0.3) is 0 Å². The van der Waals surface area contributed by atoms with E-state index in [2.05, 4.69) is 5.32 Å². The van der Waals surface area contributed by atoms with Gasteiger partial charge in [-0.2, -0.15) is 0 Å². The van der Waals surface area contributed by atoms with E-state index in [-0.39, 0.29) is 26.2 Å². The number of aliphatic hydroxyl groups is 1.